The van der Waals surface area contributed by atoms with E-state index < -0.39 is 0 Å². The van der Waals surface area contributed by atoms with Crippen molar-refractivity contribution in [3.8, 4) is 5.75 Å². The Kier molecular flexibility index (Phi) is 4.36. The van der Waals surface area contributed by atoms with Gasteiger partial charge < -0.3 is 10.5 Å². The van der Waals surface area contributed by atoms with Crippen LogP contribution in [0.1, 0.15) is 33.3 Å². The molecule has 0 heterocycles. The molecule has 16 heavy (non-hydrogen) atoms. The van der Waals surface area contributed by atoms with E-state index in [-0.39, 0.29) is 5.41 Å². The van der Waals surface area contributed by atoms with E-state index in [4.69, 9.17) is 10.5 Å². The number of rotatable bonds is 4. The van der Waals surface area contributed by atoms with Gasteiger partial charge in [0.1, 0.15) is 5.75 Å². The molecule has 0 aliphatic carbocycles. The summed E-state index contributed by atoms with van der Waals surface area (Å²) >= 11 is 0. The Balaban J connectivity index is 2.80. The molecular weight excluding hydrogens is 198 g/mol. The van der Waals surface area contributed by atoms with Crippen molar-refractivity contribution in [2.24, 2.45) is 11.7 Å². The van der Waals surface area contributed by atoms with E-state index in [0.29, 0.717) is 19.1 Å². The molecule has 0 aromatic heterocycles. The van der Waals surface area contributed by atoms with Crippen LogP contribution in [0, 0.1) is 5.92 Å². The average Bonchev–Trinajstić information content (AvgIpc) is 2.25. The molecule has 0 aliphatic heterocycles. The third-order valence-corrected chi connectivity index (χ3v) is 2.62. The minimum absolute atomic E-state index is 0.114. The molecule has 1 unspecified atom stereocenters. The van der Waals surface area contributed by atoms with Gasteiger partial charge >= 0.3 is 0 Å². The predicted molar refractivity (Wildman–Crippen MR) is 68.9 cm³/mol. The zero-order valence-corrected chi connectivity index (χ0v) is 10.8. The van der Waals surface area contributed by atoms with Crippen LogP contribution in [0.25, 0.3) is 0 Å². The highest BCUT2D eigenvalue weighted by atomic mass is 16.5. The molecule has 0 bridgehead atoms. The van der Waals surface area contributed by atoms with E-state index in [1.54, 1.807) is 0 Å². The normalized spacial score (nSPS) is 13.6. The van der Waals surface area contributed by atoms with Crippen molar-refractivity contribution in [2.75, 3.05) is 13.2 Å². The maximum Gasteiger partial charge on any atom is 0.123 e. The van der Waals surface area contributed by atoms with E-state index in [0.717, 1.165) is 5.75 Å². The van der Waals surface area contributed by atoms with Gasteiger partial charge in [-0.25, -0.2) is 0 Å². The highest BCUT2D eigenvalue weighted by Gasteiger charge is 2.18. The predicted octanol–water partition coefficient (Wildman–Crippen LogP) is 2.96. The van der Waals surface area contributed by atoms with Crippen LogP contribution in [-0.2, 0) is 5.41 Å². The molecule has 0 aliphatic rings. The summed E-state index contributed by atoms with van der Waals surface area (Å²) in [6.45, 7) is 10.0. The maximum atomic E-state index is 5.84. The van der Waals surface area contributed by atoms with Crippen molar-refractivity contribution < 1.29 is 4.74 Å². The number of hydrogen-bond acceptors (Lipinski definition) is 2. The van der Waals surface area contributed by atoms with Crippen molar-refractivity contribution in [1.82, 2.24) is 0 Å². The van der Waals surface area contributed by atoms with E-state index >= 15 is 0 Å². The van der Waals surface area contributed by atoms with Gasteiger partial charge in [-0.2, -0.15) is 0 Å². The summed E-state index contributed by atoms with van der Waals surface area (Å²) in [6.07, 6.45) is 0. The quantitative estimate of drug-likeness (QED) is 0.848. The minimum atomic E-state index is 0.114. The molecule has 0 saturated heterocycles. The molecule has 0 amide bonds. The fraction of sp³-hybridized carbons (Fsp3) is 0.571. The lowest BCUT2D eigenvalue weighted by atomic mass is 9.86. The van der Waals surface area contributed by atoms with Gasteiger partial charge in [-0.05, 0) is 23.6 Å². The molecule has 2 heteroatoms. The average molecular weight is 221 g/mol. The van der Waals surface area contributed by atoms with E-state index in [1.807, 2.05) is 12.1 Å². The second-order valence-electron chi connectivity index (χ2n) is 5.40. The zero-order chi connectivity index (χ0) is 12.2. The van der Waals surface area contributed by atoms with Gasteiger partial charge in [-0.1, -0.05) is 45.9 Å². The van der Waals surface area contributed by atoms with Crippen LogP contribution >= 0.6 is 0 Å². The molecular formula is C14H23NO. The second kappa shape index (κ2) is 5.35. The summed E-state index contributed by atoms with van der Waals surface area (Å²) in [6, 6.07) is 8.23. The molecule has 2 N–H and O–H groups in total. The smallest absolute Gasteiger partial charge is 0.123 e. The molecule has 0 fully saturated rings. The number of hydrogen-bond donors (Lipinski definition) is 1. The highest BCUT2D eigenvalue weighted by Crippen LogP contribution is 2.31. The number of para-hydroxylation sites is 1. The largest absolute Gasteiger partial charge is 0.493 e. The van der Waals surface area contributed by atoms with Crippen LogP contribution in [0.3, 0.4) is 0 Å². The maximum absolute atomic E-state index is 5.84. The van der Waals surface area contributed by atoms with Crippen molar-refractivity contribution >= 4 is 0 Å². The Morgan fingerprint density at radius 1 is 1.25 bits per heavy atom. The Morgan fingerprint density at radius 2 is 1.88 bits per heavy atom. The van der Waals surface area contributed by atoms with Crippen LogP contribution < -0.4 is 10.5 Å². The molecule has 1 aromatic rings. The van der Waals surface area contributed by atoms with Gasteiger partial charge in [0, 0.05) is 5.92 Å². The number of ether oxygens (including phenoxy) is 1. The van der Waals surface area contributed by atoms with Gasteiger partial charge in [0.25, 0.3) is 0 Å². The van der Waals surface area contributed by atoms with Crippen molar-refractivity contribution in [1.29, 1.82) is 0 Å². The highest BCUT2D eigenvalue weighted by molar-refractivity contribution is 5.38. The molecule has 1 atom stereocenters. The summed E-state index contributed by atoms with van der Waals surface area (Å²) < 4.78 is 5.84. The third kappa shape index (κ3) is 3.53. The summed E-state index contributed by atoms with van der Waals surface area (Å²) in [5, 5.41) is 0. The van der Waals surface area contributed by atoms with Crippen LogP contribution in [0.4, 0.5) is 0 Å². The van der Waals surface area contributed by atoms with E-state index in [1.165, 1.54) is 5.56 Å². The number of nitrogens with two attached hydrogens (primary N) is 1. The first-order valence-corrected chi connectivity index (χ1v) is 5.87. The van der Waals surface area contributed by atoms with Gasteiger partial charge in [0.15, 0.2) is 0 Å². The van der Waals surface area contributed by atoms with Crippen LogP contribution in [-0.4, -0.2) is 13.2 Å². The third-order valence-electron chi connectivity index (χ3n) is 2.62. The standard InChI is InChI=1S/C14H23NO/c1-11(9-15)10-16-13-8-6-5-7-12(13)14(2,3)4/h5-8,11H,9-10,15H2,1-4H3. The Morgan fingerprint density at radius 3 is 2.44 bits per heavy atom. The van der Waals surface area contributed by atoms with Crippen LogP contribution in [0.2, 0.25) is 0 Å². The van der Waals surface area contributed by atoms with Crippen LogP contribution in [0.5, 0.6) is 5.75 Å². The zero-order valence-electron chi connectivity index (χ0n) is 10.8. The summed E-state index contributed by atoms with van der Waals surface area (Å²) in [5.74, 6) is 1.38. The monoisotopic (exact) mass is 221 g/mol. The minimum Gasteiger partial charge on any atom is -0.493 e. The van der Waals surface area contributed by atoms with Gasteiger partial charge in [-0.3, -0.25) is 0 Å². The Hall–Kier alpha value is -1.02. The van der Waals surface area contributed by atoms with Crippen molar-refractivity contribution in [3.05, 3.63) is 29.8 Å². The fourth-order valence-electron chi connectivity index (χ4n) is 1.51. The number of benzene rings is 1. The molecule has 0 saturated carbocycles. The molecule has 90 valence electrons. The van der Waals surface area contributed by atoms with Gasteiger partial charge in [0.2, 0.25) is 0 Å². The second-order valence-corrected chi connectivity index (χ2v) is 5.40. The Labute approximate surface area is 98.8 Å². The molecule has 0 spiro atoms. The first kappa shape index (κ1) is 13.0. The summed E-state index contributed by atoms with van der Waals surface area (Å²) in [5.41, 5.74) is 6.94. The van der Waals surface area contributed by atoms with Crippen molar-refractivity contribution in [3.63, 3.8) is 0 Å². The summed E-state index contributed by atoms with van der Waals surface area (Å²) in [4.78, 5) is 0. The molecule has 1 aromatic carbocycles. The molecule has 1 rings (SSSR count). The van der Waals surface area contributed by atoms with Crippen LogP contribution in [0.15, 0.2) is 24.3 Å². The Bertz CT molecular complexity index is 328. The molecule has 2 nitrogen and oxygen atoms in total. The topological polar surface area (TPSA) is 35.2 Å². The molecule has 0 radical (unpaired) electrons. The van der Waals surface area contributed by atoms with Gasteiger partial charge in [-0.15, -0.1) is 0 Å². The fourth-order valence-corrected chi connectivity index (χ4v) is 1.51. The van der Waals surface area contributed by atoms with E-state index in [2.05, 4.69) is 39.8 Å². The SMILES string of the molecule is CC(CN)COc1ccccc1C(C)(C)C. The van der Waals surface area contributed by atoms with Gasteiger partial charge in [0.05, 0.1) is 6.61 Å². The lowest BCUT2D eigenvalue weighted by molar-refractivity contribution is 0.258. The van der Waals surface area contributed by atoms with E-state index in [9.17, 15) is 0 Å². The van der Waals surface area contributed by atoms with Crippen molar-refractivity contribution in [2.45, 2.75) is 33.1 Å². The summed E-state index contributed by atoms with van der Waals surface area (Å²) in [7, 11) is 0. The first-order chi connectivity index (χ1) is 7.45. The first-order valence-electron chi connectivity index (χ1n) is 5.87. The lowest BCUT2D eigenvalue weighted by Crippen LogP contribution is -2.20. The lowest BCUT2D eigenvalue weighted by Gasteiger charge is -2.23.